The van der Waals surface area contributed by atoms with Gasteiger partial charge in [-0.3, -0.25) is 0 Å². The Balaban J connectivity index is 0.00000126. The van der Waals surface area contributed by atoms with Crippen molar-refractivity contribution in [3.05, 3.63) is 40.6 Å². The number of fused-ring (bicyclic) bond motifs is 1. The summed E-state index contributed by atoms with van der Waals surface area (Å²) >= 11 is 1.78. The van der Waals surface area contributed by atoms with E-state index in [-0.39, 0.29) is 6.04 Å². The summed E-state index contributed by atoms with van der Waals surface area (Å²) in [6.45, 7) is 16.2. The summed E-state index contributed by atoms with van der Waals surface area (Å²) in [6.07, 6.45) is 3.52. The maximum Gasteiger partial charge on any atom is 0.139 e. The highest BCUT2D eigenvalue weighted by atomic mass is 32.1. The fourth-order valence-corrected chi connectivity index (χ4v) is 4.22. The molecule has 0 amide bonds. The van der Waals surface area contributed by atoms with E-state index in [0.717, 1.165) is 50.6 Å². The molecule has 0 aromatic carbocycles. The number of piperazine rings is 1. The summed E-state index contributed by atoms with van der Waals surface area (Å²) in [5.74, 6) is 1.43. The smallest absolute Gasteiger partial charge is 0.139 e. The van der Waals surface area contributed by atoms with Crippen LogP contribution in [-0.2, 0) is 0 Å². The highest BCUT2D eigenvalue weighted by Gasteiger charge is 2.27. The maximum atomic E-state index is 9.38. The van der Waals surface area contributed by atoms with E-state index in [9.17, 15) is 5.11 Å². The number of thiophene rings is 1. The van der Waals surface area contributed by atoms with Gasteiger partial charge in [-0.25, -0.2) is 4.99 Å². The van der Waals surface area contributed by atoms with Crippen LogP contribution in [0.2, 0.25) is 0 Å². The first-order chi connectivity index (χ1) is 12.9. The molecular formula is C21H34N4OS. The summed E-state index contributed by atoms with van der Waals surface area (Å²) < 4.78 is 0. The van der Waals surface area contributed by atoms with E-state index in [1.165, 1.54) is 15.4 Å². The summed E-state index contributed by atoms with van der Waals surface area (Å²) in [7, 11) is 2.17. The summed E-state index contributed by atoms with van der Waals surface area (Å²) in [5.41, 5.74) is 2.07. The van der Waals surface area contributed by atoms with Crippen molar-refractivity contribution < 1.29 is 5.11 Å². The van der Waals surface area contributed by atoms with Gasteiger partial charge in [0.25, 0.3) is 0 Å². The number of aryl methyl sites for hydroxylation is 1. The third-order valence-electron chi connectivity index (χ3n) is 4.75. The molecule has 1 saturated heterocycles. The lowest BCUT2D eigenvalue weighted by atomic mass is 10.1. The second kappa shape index (κ2) is 9.95. The number of anilines is 1. The van der Waals surface area contributed by atoms with E-state index < -0.39 is 0 Å². The van der Waals surface area contributed by atoms with Gasteiger partial charge in [0.1, 0.15) is 10.8 Å². The molecule has 2 N–H and O–H groups in total. The lowest BCUT2D eigenvalue weighted by molar-refractivity contribution is 0.215. The minimum absolute atomic E-state index is 0.0948. The zero-order valence-corrected chi connectivity index (χ0v) is 18.2. The Morgan fingerprint density at radius 1 is 1.37 bits per heavy atom. The lowest BCUT2D eigenvalue weighted by Crippen LogP contribution is -2.47. The molecule has 6 heteroatoms. The van der Waals surface area contributed by atoms with Crippen LogP contribution in [0.15, 0.2) is 35.2 Å². The normalized spacial score (nSPS) is 20.9. The number of aliphatic imine (C=N–C) groups is 1. The quantitative estimate of drug-likeness (QED) is 0.739. The van der Waals surface area contributed by atoms with Gasteiger partial charge in [-0.2, -0.15) is 0 Å². The van der Waals surface area contributed by atoms with Gasteiger partial charge in [-0.05, 0) is 45.9 Å². The average molecular weight is 391 g/mol. The van der Waals surface area contributed by atoms with Crippen LogP contribution in [0.1, 0.15) is 44.1 Å². The van der Waals surface area contributed by atoms with Crippen molar-refractivity contribution in [2.45, 2.75) is 46.6 Å². The number of aliphatic hydroxyl groups excluding tert-OH is 1. The number of allylic oxidation sites excluding steroid dienone is 2. The Kier molecular flexibility index (Phi) is 7.92. The number of amidine groups is 1. The molecule has 1 unspecified atom stereocenters. The van der Waals surface area contributed by atoms with Gasteiger partial charge < -0.3 is 20.2 Å². The number of nitrogens with zero attached hydrogens (tertiary/aromatic N) is 3. The minimum Gasteiger partial charge on any atom is -0.513 e. The molecule has 3 rings (SSSR count). The molecular weight excluding hydrogens is 356 g/mol. The number of hydrogen-bond donors (Lipinski definition) is 2. The SMILES string of the molecule is C=C1N=C(N2CCN(C)CC2)c2cc(C)sc2NC1CC/C=C(\C)O.CC. The average Bonchev–Trinajstić information content (AvgIpc) is 2.95. The number of likely N-dealkylation sites (N-methyl/N-ethyl adjacent to an activating group) is 1. The van der Waals surface area contributed by atoms with E-state index in [1.54, 1.807) is 18.3 Å². The first-order valence-electron chi connectivity index (χ1n) is 9.88. The van der Waals surface area contributed by atoms with Gasteiger partial charge in [-0.15, -0.1) is 11.3 Å². The number of nitrogens with one attached hydrogen (secondary N) is 1. The summed E-state index contributed by atoms with van der Waals surface area (Å²) in [5, 5.41) is 14.2. The first kappa shape index (κ1) is 21.5. The van der Waals surface area contributed by atoms with E-state index in [2.05, 4.69) is 41.7 Å². The molecule has 3 heterocycles. The number of rotatable bonds is 3. The van der Waals surface area contributed by atoms with Gasteiger partial charge in [0.15, 0.2) is 0 Å². The zero-order chi connectivity index (χ0) is 20.0. The van der Waals surface area contributed by atoms with E-state index in [4.69, 9.17) is 4.99 Å². The highest BCUT2D eigenvalue weighted by molar-refractivity contribution is 7.16. The molecule has 2 aliphatic heterocycles. The third kappa shape index (κ3) is 5.59. The van der Waals surface area contributed by atoms with Crippen LogP contribution >= 0.6 is 11.3 Å². The van der Waals surface area contributed by atoms with Crippen LogP contribution < -0.4 is 5.32 Å². The second-order valence-corrected chi connectivity index (χ2v) is 8.19. The molecule has 1 aromatic heterocycles. The molecule has 0 radical (unpaired) electrons. The summed E-state index contributed by atoms with van der Waals surface area (Å²) in [6, 6.07) is 2.33. The molecule has 1 fully saturated rings. The lowest BCUT2D eigenvalue weighted by Gasteiger charge is -2.34. The van der Waals surface area contributed by atoms with Crippen molar-refractivity contribution in [2.24, 2.45) is 4.99 Å². The largest absolute Gasteiger partial charge is 0.513 e. The molecule has 0 bridgehead atoms. The molecule has 0 spiro atoms. The van der Waals surface area contributed by atoms with Crippen LogP contribution in [-0.4, -0.2) is 60.0 Å². The molecule has 0 saturated carbocycles. The van der Waals surface area contributed by atoms with Crippen LogP contribution in [0.5, 0.6) is 0 Å². The van der Waals surface area contributed by atoms with Gasteiger partial charge in [0.2, 0.25) is 0 Å². The van der Waals surface area contributed by atoms with Crippen LogP contribution in [0.3, 0.4) is 0 Å². The highest BCUT2D eigenvalue weighted by Crippen LogP contribution is 2.34. The van der Waals surface area contributed by atoms with Gasteiger partial charge in [-0.1, -0.05) is 20.4 Å². The molecule has 1 aromatic rings. The molecule has 0 aliphatic carbocycles. The monoisotopic (exact) mass is 390 g/mol. The van der Waals surface area contributed by atoms with Crippen LogP contribution in [0.25, 0.3) is 0 Å². The van der Waals surface area contributed by atoms with Crippen molar-refractivity contribution in [3.8, 4) is 0 Å². The van der Waals surface area contributed by atoms with Gasteiger partial charge in [0, 0.05) is 31.1 Å². The molecule has 5 nitrogen and oxygen atoms in total. The van der Waals surface area contributed by atoms with Crippen molar-refractivity contribution in [1.82, 2.24) is 9.80 Å². The molecule has 150 valence electrons. The third-order valence-corrected chi connectivity index (χ3v) is 5.73. The Hall–Kier alpha value is -1.79. The zero-order valence-electron chi connectivity index (χ0n) is 17.4. The predicted molar refractivity (Wildman–Crippen MR) is 118 cm³/mol. The van der Waals surface area contributed by atoms with Crippen molar-refractivity contribution in [2.75, 3.05) is 38.5 Å². The maximum absolute atomic E-state index is 9.38. The molecule has 27 heavy (non-hydrogen) atoms. The predicted octanol–water partition coefficient (Wildman–Crippen LogP) is 4.63. The Labute approximate surface area is 168 Å². The van der Waals surface area contributed by atoms with Crippen molar-refractivity contribution in [3.63, 3.8) is 0 Å². The van der Waals surface area contributed by atoms with Gasteiger partial charge >= 0.3 is 0 Å². The first-order valence-corrected chi connectivity index (χ1v) is 10.7. The van der Waals surface area contributed by atoms with Gasteiger partial charge in [0.05, 0.1) is 23.1 Å². The van der Waals surface area contributed by atoms with Crippen LogP contribution in [0.4, 0.5) is 5.00 Å². The van der Waals surface area contributed by atoms with E-state index in [1.807, 2.05) is 19.9 Å². The number of hydrogen-bond acceptors (Lipinski definition) is 6. The molecule has 2 aliphatic rings. The second-order valence-electron chi connectivity index (χ2n) is 6.94. The minimum atomic E-state index is 0.0948. The van der Waals surface area contributed by atoms with E-state index >= 15 is 0 Å². The Morgan fingerprint density at radius 3 is 2.67 bits per heavy atom. The number of aliphatic hydroxyl groups is 1. The van der Waals surface area contributed by atoms with Crippen LogP contribution in [0, 0.1) is 6.92 Å². The van der Waals surface area contributed by atoms with Crippen molar-refractivity contribution >= 4 is 22.2 Å². The molecule has 1 atom stereocenters. The van der Waals surface area contributed by atoms with Crippen molar-refractivity contribution in [1.29, 1.82) is 0 Å². The fraction of sp³-hybridized carbons (Fsp3) is 0.571. The Morgan fingerprint density at radius 2 is 2.04 bits per heavy atom. The standard InChI is InChI=1S/C19H28N4OS.C2H6/c1-13(24)6-5-7-17-15(3)20-18(23-10-8-22(4)9-11-23)16-12-14(2)25-19(16)21-17;1-2/h6,12,17,21,24H,3,5,7-11H2,1-2,4H3;1-2H3/b13-6+;. The van der Waals surface area contributed by atoms with E-state index in [0.29, 0.717) is 5.76 Å². The summed E-state index contributed by atoms with van der Waals surface area (Å²) in [4.78, 5) is 11.0. The Bertz CT molecular complexity index is 695. The topological polar surface area (TPSA) is 51.1 Å². The fourth-order valence-electron chi connectivity index (χ4n) is 3.26.